The van der Waals surface area contributed by atoms with E-state index in [9.17, 15) is 4.57 Å². The molecule has 0 saturated heterocycles. The zero-order valence-electron chi connectivity index (χ0n) is 16.2. The molecule has 0 radical (unpaired) electrons. The Kier molecular flexibility index (Phi) is 18.8. The molecular formula is C18H39O6P. The molecule has 0 aromatic heterocycles. The Balaban J connectivity index is 3.15. The van der Waals surface area contributed by atoms with E-state index in [-0.39, 0.29) is 13.2 Å². The van der Waals surface area contributed by atoms with Gasteiger partial charge in [-0.2, -0.15) is 0 Å². The van der Waals surface area contributed by atoms with Crippen LogP contribution in [-0.2, 0) is 23.7 Å². The van der Waals surface area contributed by atoms with Gasteiger partial charge in [0.2, 0.25) is 0 Å². The lowest BCUT2D eigenvalue weighted by atomic mass is 10.0. The predicted octanol–water partition coefficient (Wildman–Crippen LogP) is 6.48. The van der Waals surface area contributed by atoms with Gasteiger partial charge in [0.25, 0.3) is 0 Å². The SMILES string of the molecule is CCCCCCCCCCCCCCCCOOP(=O)(O)OOCC. The molecule has 0 aromatic carbocycles. The van der Waals surface area contributed by atoms with Gasteiger partial charge < -0.3 is 0 Å². The second-order valence-corrected chi connectivity index (χ2v) is 7.68. The van der Waals surface area contributed by atoms with Crippen molar-refractivity contribution in [1.29, 1.82) is 0 Å². The van der Waals surface area contributed by atoms with Crippen LogP contribution in [0.15, 0.2) is 0 Å². The minimum absolute atomic E-state index is 0.160. The van der Waals surface area contributed by atoms with Crippen molar-refractivity contribution in [2.24, 2.45) is 0 Å². The molecule has 0 amide bonds. The molecule has 0 aliphatic carbocycles. The number of rotatable bonds is 20. The maximum atomic E-state index is 11.2. The summed E-state index contributed by atoms with van der Waals surface area (Å²) in [6.45, 7) is 4.33. The van der Waals surface area contributed by atoms with Crippen molar-refractivity contribution >= 4 is 7.82 Å². The summed E-state index contributed by atoms with van der Waals surface area (Å²) in [6.07, 6.45) is 17.9. The average molecular weight is 382 g/mol. The molecule has 0 heterocycles. The third-order valence-electron chi connectivity index (χ3n) is 3.99. The first-order chi connectivity index (χ1) is 12.1. The molecule has 0 aliphatic heterocycles. The maximum Gasteiger partial charge on any atom is 0.526 e. The van der Waals surface area contributed by atoms with Crippen LogP contribution < -0.4 is 0 Å². The summed E-state index contributed by atoms with van der Waals surface area (Å²) < 4.78 is 19.7. The first-order valence-electron chi connectivity index (χ1n) is 10.1. The van der Waals surface area contributed by atoms with E-state index in [1.54, 1.807) is 6.92 Å². The summed E-state index contributed by atoms with van der Waals surface area (Å²) in [7, 11) is -4.24. The van der Waals surface area contributed by atoms with E-state index >= 15 is 0 Å². The Hall–Kier alpha value is 0.0300. The van der Waals surface area contributed by atoms with Crippen LogP contribution in [0.3, 0.4) is 0 Å². The van der Waals surface area contributed by atoms with Crippen molar-refractivity contribution in [3.63, 3.8) is 0 Å². The smallest absolute Gasteiger partial charge is 0.299 e. The van der Waals surface area contributed by atoms with E-state index in [1.165, 1.54) is 70.6 Å². The Morgan fingerprint density at radius 3 is 1.48 bits per heavy atom. The van der Waals surface area contributed by atoms with Gasteiger partial charge >= 0.3 is 7.82 Å². The highest BCUT2D eigenvalue weighted by atomic mass is 31.2. The van der Waals surface area contributed by atoms with Gasteiger partial charge in [0.05, 0.1) is 13.2 Å². The molecular weight excluding hydrogens is 343 g/mol. The first kappa shape index (κ1) is 25.0. The molecule has 6 nitrogen and oxygen atoms in total. The molecule has 0 aliphatic rings. The Labute approximate surface area is 154 Å². The van der Waals surface area contributed by atoms with Crippen molar-refractivity contribution in [3.05, 3.63) is 0 Å². The van der Waals surface area contributed by atoms with Gasteiger partial charge in [-0.1, -0.05) is 90.4 Å². The quantitative estimate of drug-likeness (QED) is 0.112. The van der Waals surface area contributed by atoms with Crippen LogP contribution in [0.4, 0.5) is 0 Å². The van der Waals surface area contributed by atoms with Crippen LogP contribution in [0.25, 0.3) is 0 Å². The van der Waals surface area contributed by atoms with Crippen LogP contribution >= 0.6 is 7.82 Å². The lowest BCUT2D eigenvalue weighted by molar-refractivity contribution is -0.277. The van der Waals surface area contributed by atoms with E-state index < -0.39 is 7.82 Å². The van der Waals surface area contributed by atoms with Gasteiger partial charge in [-0.25, -0.2) is 14.3 Å². The Morgan fingerprint density at radius 2 is 1.04 bits per heavy atom. The van der Waals surface area contributed by atoms with Gasteiger partial charge in [-0.15, -0.1) is 9.35 Å². The highest BCUT2D eigenvalue weighted by Gasteiger charge is 2.24. The van der Waals surface area contributed by atoms with Gasteiger partial charge in [0, 0.05) is 0 Å². The van der Waals surface area contributed by atoms with Crippen molar-refractivity contribution in [2.75, 3.05) is 13.2 Å². The summed E-state index contributed by atoms with van der Waals surface area (Å²) >= 11 is 0. The minimum atomic E-state index is -4.24. The van der Waals surface area contributed by atoms with Crippen LogP contribution in [-0.4, -0.2) is 18.1 Å². The zero-order chi connectivity index (χ0) is 18.6. The summed E-state index contributed by atoms with van der Waals surface area (Å²) in [4.78, 5) is 18.2. The second kappa shape index (κ2) is 18.8. The largest absolute Gasteiger partial charge is 0.526 e. The van der Waals surface area contributed by atoms with Gasteiger partial charge in [0.15, 0.2) is 0 Å². The number of hydrogen-bond acceptors (Lipinski definition) is 5. The van der Waals surface area contributed by atoms with Crippen molar-refractivity contribution < 1.29 is 28.6 Å². The molecule has 1 unspecified atom stereocenters. The summed E-state index contributed by atoms with van der Waals surface area (Å²) in [5, 5.41) is 0. The average Bonchev–Trinajstić information content (AvgIpc) is 2.59. The first-order valence-corrected chi connectivity index (χ1v) is 11.6. The summed E-state index contributed by atoms with van der Waals surface area (Å²) in [5.74, 6) is 0. The lowest BCUT2D eigenvalue weighted by Crippen LogP contribution is -1.99. The molecule has 25 heavy (non-hydrogen) atoms. The van der Waals surface area contributed by atoms with Gasteiger partial charge in [-0.05, 0) is 13.3 Å². The van der Waals surface area contributed by atoms with Crippen molar-refractivity contribution in [1.82, 2.24) is 0 Å². The topological polar surface area (TPSA) is 74.2 Å². The fraction of sp³-hybridized carbons (Fsp3) is 1.00. The normalized spacial score (nSPS) is 13.9. The molecule has 152 valence electrons. The van der Waals surface area contributed by atoms with Crippen LogP contribution in [0.1, 0.15) is 104 Å². The van der Waals surface area contributed by atoms with Crippen molar-refractivity contribution in [3.8, 4) is 0 Å². The second-order valence-electron chi connectivity index (χ2n) is 6.44. The summed E-state index contributed by atoms with van der Waals surface area (Å²) in [5.41, 5.74) is 0. The number of unbranched alkanes of at least 4 members (excludes halogenated alkanes) is 13. The van der Waals surface area contributed by atoms with Crippen LogP contribution in [0.2, 0.25) is 0 Å². The molecule has 1 atom stereocenters. The van der Waals surface area contributed by atoms with E-state index in [0.29, 0.717) is 0 Å². The maximum absolute atomic E-state index is 11.2. The third kappa shape index (κ3) is 20.2. The molecule has 0 spiro atoms. The van der Waals surface area contributed by atoms with E-state index in [2.05, 4.69) is 26.0 Å². The van der Waals surface area contributed by atoms with Crippen molar-refractivity contribution in [2.45, 2.75) is 104 Å². The summed E-state index contributed by atoms with van der Waals surface area (Å²) in [6, 6.07) is 0. The highest BCUT2D eigenvalue weighted by molar-refractivity contribution is 7.47. The third-order valence-corrected chi connectivity index (χ3v) is 4.58. The zero-order valence-corrected chi connectivity index (χ0v) is 17.1. The Bertz CT molecular complexity index is 314. The molecule has 0 bridgehead atoms. The molecule has 0 rings (SSSR count). The highest BCUT2D eigenvalue weighted by Crippen LogP contribution is 2.43. The van der Waals surface area contributed by atoms with Gasteiger partial charge in [-0.3, -0.25) is 4.89 Å². The fourth-order valence-electron chi connectivity index (χ4n) is 2.59. The van der Waals surface area contributed by atoms with E-state index in [4.69, 9.17) is 4.89 Å². The van der Waals surface area contributed by atoms with E-state index in [1.807, 2.05) is 0 Å². The lowest BCUT2D eigenvalue weighted by Gasteiger charge is -2.09. The minimum Gasteiger partial charge on any atom is -0.299 e. The Morgan fingerprint density at radius 1 is 0.640 bits per heavy atom. The number of phosphoric acid groups is 1. The standard InChI is InChI=1S/C18H39O6P/c1-3-5-6-7-8-9-10-11-12-13-14-15-16-17-18-22-24-25(19,20)23-21-4-2/h3-18H2,1-2H3,(H,19,20). The molecule has 0 aromatic rings. The van der Waals surface area contributed by atoms with E-state index in [0.717, 1.165) is 19.3 Å². The fourth-order valence-corrected chi connectivity index (χ4v) is 3.06. The van der Waals surface area contributed by atoms with Crippen LogP contribution in [0, 0.1) is 0 Å². The monoisotopic (exact) mass is 382 g/mol. The molecule has 0 saturated carbocycles. The van der Waals surface area contributed by atoms with Gasteiger partial charge in [0.1, 0.15) is 0 Å². The molecule has 7 heteroatoms. The molecule has 1 N–H and O–H groups in total. The number of hydrogen-bond donors (Lipinski definition) is 1. The van der Waals surface area contributed by atoms with Crippen LogP contribution in [0.5, 0.6) is 0 Å². The predicted molar refractivity (Wildman–Crippen MR) is 99.9 cm³/mol. The molecule has 0 fully saturated rings.